The molecule has 32 heavy (non-hydrogen) atoms. The molecule has 9 nitrogen and oxygen atoms in total. The molecule has 0 spiro atoms. The number of phenolic OH excluding ortho intramolecular Hbond substituents is 1. The predicted octanol–water partition coefficient (Wildman–Crippen LogP) is 3.29. The number of nitrogens with zero attached hydrogens (tertiary/aromatic N) is 7. The number of imidazole rings is 1. The van der Waals surface area contributed by atoms with Crippen LogP contribution in [0.25, 0.3) is 21.7 Å². The van der Waals surface area contributed by atoms with Gasteiger partial charge < -0.3 is 20.6 Å². The number of nitrogen functional groups attached to an aromatic ring is 1. The topological polar surface area (TPSA) is 101 Å². The Morgan fingerprint density at radius 3 is 2.41 bits per heavy atom. The fourth-order valence-corrected chi connectivity index (χ4v) is 4.04. The van der Waals surface area contributed by atoms with Gasteiger partial charge in [-0.05, 0) is 42.8 Å². The molecule has 1 saturated heterocycles. The molecule has 0 unspecified atom stereocenters. The maximum Gasteiger partial charge on any atom is 0.229 e. The number of hydrogen-bond donors (Lipinski definition) is 2. The number of nitrogens with two attached hydrogens (primary N) is 1. The van der Waals surface area contributed by atoms with Crippen molar-refractivity contribution in [2.45, 2.75) is 6.92 Å². The molecule has 2 aromatic heterocycles. The van der Waals surface area contributed by atoms with E-state index in [4.69, 9.17) is 17.3 Å². The molecule has 0 bridgehead atoms. The van der Waals surface area contributed by atoms with E-state index >= 15 is 0 Å². The van der Waals surface area contributed by atoms with Gasteiger partial charge in [0.25, 0.3) is 0 Å². The average Bonchev–Trinajstić information content (AvgIpc) is 3.24. The number of aromatic hydroxyl groups is 1. The zero-order valence-electron chi connectivity index (χ0n) is 17.6. The summed E-state index contributed by atoms with van der Waals surface area (Å²) < 4.78 is 1.90. The van der Waals surface area contributed by atoms with Crippen LogP contribution in [-0.2, 0) is 0 Å². The Hall–Kier alpha value is -4.32. The summed E-state index contributed by atoms with van der Waals surface area (Å²) >= 11 is 0. The van der Waals surface area contributed by atoms with Crippen LogP contribution in [0.4, 0.5) is 23.1 Å². The lowest BCUT2D eigenvalue weighted by Gasteiger charge is -2.36. The van der Waals surface area contributed by atoms with Crippen molar-refractivity contribution in [2.75, 3.05) is 41.7 Å². The first-order valence-electron chi connectivity index (χ1n) is 10.3. The Bertz CT molecular complexity index is 1330. The van der Waals surface area contributed by atoms with E-state index in [2.05, 4.69) is 24.6 Å². The summed E-state index contributed by atoms with van der Waals surface area (Å²) in [7, 11) is 0. The van der Waals surface area contributed by atoms with Crippen molar-refractivity contribution in [2.24, 2.45) is 0 Å². The highest BCUT2D eigenvalue weighted by Gasteiger charge is 2.22. The van der Waals surface area contributed by atoms with Crippen LogP contribution in [0.2, 0.25) is 0 Å². The molecular formula is C23H22N8O. The first-order valence-corrected chi connectivity index (χ1v) is 10.3. The van der Waals surface area contributed by atoms with Crippen LogP contribution in [-0.4, -0.2) is 50.8 Å². The Balaban J connectivity index is 1.44. The van der Waals surface area contributed by atoms with Gasteiger partial charge in [0, 0.05) is 37.6 Å². The molecule has 2 aromatic carbocycles. The Kier molecular flexibility index (Phi) is 4.75. The van der Waals surface area contributed by atoms with Crippen molar-refractivity contribution in [3.8, 4) is 11.4 Å². The first-order chi connectivity index (χ1) is 15.5. The molecule has 3 heterocycles. The van der Waals surface area contributed by atoms with Crippen LogP contribution in [0.1, 0.15) is 5.56 Å². The molecule has 0 saturated carbocycles. The van der Waals surface area contributed by atoms with Crippen LogP contribution in [0.5, 0.6) is 5.75 Å². The van der Waals surface area contributed by atoms with Crippen molar-refractivity contribution in [1.82, 2.24) is 19.5 Å². The number of fused-ring (bicyclic) bond motifs is 1. The van der Waals surface area contributed by atoms with Gasteiger partial charge >= 0.3 is 0 Å². The van der Waals surface area contributed by atoms with Gasteiger partial charge in [-0.2, -0.15) is 9.97 Å². The normalized spacial score (nSPS) is 14.0. The van der Waals surface area contributed by atoms with Gasteiger partial charge in [0.05, 0.1) is 6.57 Å². The minimum Gasteiger partial charge on any atom is -0.508 e. The number of rotatable bonds is 3. The van der Waals surface area contributed by atoms with Crippen molar-refractivity contribution in [3.05, 3.63) is 65.8 Å². The fourth-order valence-electron chi connectivity index (χ4n) is 4.04. The lowest BCUT2D eigenvalue weighted by atomic mass is 10.2. The zero-order valence-corrected chi connectivity index (χ0v) is 17.6. The first kappa shape index (κ1) is 19.6. The van der Waals surface area contributed by atoms with Crippen LogP contribution in [0, 0.1) is 13.5 Å². The minimum absolute atomic E-state index is 0.264. The summed E-state index contributed by atoms with van der Waals surface area (Å²) in [6, 6.07) is 12.8. The Labute approximate surface area is 185 Å². The maximum absolute atomic E-state index is 9.51. The number of benzene rings is 2. The van der Waals surface area contributed by atoms with Gasteiger partial charge in [0.15, 0.2) is 22.7 Å². The second-order valence-corrected chi connectivity index (χ2v) is 7.77. The molecular weight excluding hydrogens is 404 g/mol. The standard InChI is InChI=1S/C23H22N8O/c1-15-13-16(25-2)3-8-19(15)31-14-26-20-21(24)27-23(28-22(20)31)30-11-9-29(10-12-30)17-4-6-18(32)7-5-17/h3-8,13-14,32H,9-12H2,1H3,(H2,24,27,28). The second-order valence-electron chi connectivity index (χ2n) is 7.77. The second kappa shape index (κ2) is 7.74. The summed E-state index contributed by atoms with van der Waals surface area (Å²) in [6.07, 6.45) is 1.70. The third-order valence-corrected chi connectivity index (χ3v) is 5.76. The number of aryl methyl sites for hydroxylation is 1. The molecule has 1 fully saturated rings. The van der Waals surface area contributed by atoms with Gasteiger partial charge in [0.2, 0.25) is 5.95 Å². The van der Waals surface area contributed by atoms with E-state index in [1.54, 1.807) is 24.5 Å². The largest absolute Gasteiger partial charge is 0.508 e. The summed E-state index contributed by atoms with van der Waals surface area (Å²) in [5.74, 6) is 1.19. The van der Waals surface area contributed by atoms with Crippen molar-refractivity contribution >= 4 is 34.3 Å². The number of aromatic nitrogens is 4. The van der Waals surface area contributed by atoms with E-state index in [1.165, 1.54) is 0 Å². The molecule has 0 atom stereocenters. The average molecular weight is 426 g/mol. The highest BCUT2D eigenvalue weighted by Crippen LogP contribution is 2.27. The van der Waals surface area contributed by atoms with E-state index in [0.29, 0.717) is 28.6 Å². The number of hydrogen-bond acceptors (Lipinski definition) is 7. The third-order valence-electron chi connectivity index (χ3n) is 5.76. The summed E-state index contributed by atoms with van der Waals surface area (Å²) in [4.78, 5) is 21.6. The van der Waals surface area contributed by atoms with E-state index < -0.39 is 0 Å². The van der Waals surface area contributed by atoms with E-state index in [9.17, 15) is 5.11 Å². The predicted molar refractivity (Wildman–Crippen MR) is 125 cm³/mol. The third kappa shape index (κ3) is 3.41. The SMILES string of the molecule is [C-]#[N+]c1ccc(-n2cnc3c(N)nc(N4CCN(c5ccc(O)cc5)CC4)nc32)c(C)c1. The van der Waals surface area contributed by atoms with Crippen molar-refractivity contribution in [1.29, 1.82) is 0 Å². The summed E-state index contributed by atoms with van der Waals surface area (Å²) in [5, 5.41) is 9.51. The number of anilines is 3. The molecule has 0 aliphatic carbocycles. The van der Waals surface area contributed by atoms with Crippen LogP contribution < -0.4 is 15.5 Å². The highest BCUT2D eigenvalue weighted by molar-refractivity contribution is 5.84. The molecule has 0 radical (unpaired) electrons. The van der Waals surface area contributed by atoms with Gasteiger partial charge in [-0.15, -0.1) is 0 Å². The van der Waals surface area contributed by atoms with Gasteiger partial charge in [-0.25, -0.2) is 9.83 Å². The van der Waals surface area contributed by atoms with Crippen molar-refractivity contribution in [3.63, 3.8) is 0 Å². The molecule has 160 valence electrons. The lowest BCUT2D eigenvalue weighted by Crippen LogP contribution is -2.47. The number of phenols is 1. The Morgan fingerprint density at radius 1 is 1.00 bits per heavy atom. The molecule has 0 amide bonds. The fraction of sp³-hybridized carbons (Fsp3) is 0.217. The van der Waals surface area contributed by atoms with Crippen LogP contribution >= 0.6 is 0 Å². The Morgan fingerprint density at radius 2 is 1.72 bits per heavy atom. The minimum atomic E-state index is 0.264. The van der Waals surface area contributed by atoms with Crippen molar-refractivity contribution < 1.29 is 5.11 Å². The van der Waals surface area contributed by atoms with Gasteiger partial charge in [-0.1, -0.05) is 12.1 Å². The smallest absolute Gasteiger partial charge is 0.229 e. The van der Waals surface area contributed by atoms with E-state index in [1.807, 2.05) is 35.8 Å². The van der Waals surface area contributed by atoms with E-state index in [-0.39, 0.29) is 5.75 Å². The molecule has 4 aromatic rings. The quantitative estimate of drug-likeness (QED) is 0.485. The molecule has 1 aliphatic heterocycles. The van der Waals surface area contributed by atoms with Gasteiger partial charge in [0.1, 0.15) is 12.1 Å². The lowest BCUT2D eigenvalue weighted by molar-refractivity contribution is 0.475. The highest BCUT2D eigenvalue weighted by atomic mass is 16.3. The number of piperazine rings is 1. The summed E-state index contributed by atoms with van der Waals surface area (Å²) in [5.41, 5.74) is 11.0. The van der Waals surface area contributed by atoms with Crippen LogP contribution in [0.3, 0.4) is 0 Å². The molecule has 3 N–H and O–H groups in total. The van der Waals surface area contributed by atoms with E-state index in [0.717, 1.165) is 43.1 Å². The van der Waals surface area contributed by atoms with Crippen LogP contribution in [0.15, 0.2) is 48.8 Å². The summed E-state index contributed by atoms with van der Waals surface area (Å²) in [6.45, 7) is 12.3. The molecule has 1 aliphatic rings. The van der Waals surface area contributed by atoms with Gasteiger partial charge in [-0.3, -0.25) is 4.57 Å². The molecule has 5 rings (SSSR count). The zero-order chi connectivity index (χ0) is 22.2. The monoisotopic (exact) mass is 426 g/mol. The maximum atomic E-state index is 9.51. The molecule has 9 heteroatoms.